The molecule has 2 aliphatic heterocycles. The summed E-state index contributed by atoms with van der Waals surface area (Å²) in [5, 5.41) is 2.97. The van der Waals surface area contributed by atoms with Gasteiger partial charge in [0, 0.05) is 56.5 Å². The van der Waals surface area contributed by atoms with Gasteiger partial charge in [-0.05, 0) is 26.3 Å². The van der Waals surface area contributed by atoms with E-state index in [1.807, 2.05) is 12.1 Å². The number of piperazine rings is 1. The van der Waals surface area contributed by atoms with Crippen LogP contribution in [0.15, 0.2) is 18.2 Å². The van der Waals surface area contributed by atoms with Gasteiger partial charge in [0.25, 0.3) is 0 Å². The number of carbonyl (C=O) groups is 3. The first-order chi connectivity index (χ1) is 15.3. The van der Waals surface area contributed by atoms with Crippen LogP contribution in [-0.2, 0) is 19.7 Å². The van der Waals surface area contributed by atoms with Crippen LogP contribution in [0.5, 0.6) is 5.75 Å². The highest BCUT2D eigenvalue weighted by molar-refractivity contribution is 5.91. The predicted octanol–water partition coefficient (Wildman–Crippen LogP) is 2.03. The second-order valence-corrected chi connectivity index (χ2v) is 9.24. The Morgan fingerprint density at radius 1 is 1.25 bits per heavy atom. The SMILES string of the molecule is CCOC(=O)N1CCN(CCC(=O)N[C@H]2C(=O)CC[C@@]3(C)c4cc(C)ccc4O[C@@H]23)CC1. The van der Waals surface area contributed by atoms with Crippen LogP contribution in [0, 0.1) is 6.92 Å². The van der Waals surface area contributed by atoms with Gasteiger partial charge in [0.2, 0.25) is 5.91 Å². The molecular weight excluding hydrogens is 410 g/mol. The van der Waals surface area contributed by atoms with Gasteiger partial charge in [-0.2, -0.15) is 0 Å². The van der Waals surface area contributed by atoms with E-state index in [-0.39, 0.29) is 29.3 Å². The van der Waals surface area contributed by atoms with Gasteiger partial charge in [-0.1, -0.05) is 24.6 Å². The molecule has 0 radical (unpaired) electrons. The quantitative estimate of drug-likeness (QED) is 0.749. The summed E-state index contributed by atoms with van der Waals surface area (Å²) in [4.78, 5) is 41.2. The van der Waals surface area contributed by atoms with Crippen molar-refractivity contribution in [1.29, 1.82) is 0 Å². The molecule has 1 aromatic rings. The number of aryl methyl sites for hydroxylation is 1. The number of hydrogen-bond donors (Lipinski definition) is 1. The highest BCUT2D eigenvalue weighted by Gasteiger charge is 2.54. The third kappa shape index (κ3) is 4.33. The molecule has 0 unspecified atom stereocenters. The van der Waals surface area contributed by atoms with Crippen molar-refractivity contribution in [3.63, 3.8) is 0 Å². The van der Waals surface area contributed by atoms with E-state index in [0.29, 0.717) is 52.2 Å². The lowest BCUT2D eigenvalue weighted by Crippen LogP contribution is -2.59. The molecule has 1 saturated carbocycles. The van der Waals surface area contributed by atoms with Gasteiger partial charge in [0.05, 0.1) is 6.61 Å². The van der Waals surface area contributed by atoms with Crippen LogP contribution in [0.25, 0.3) is 0 Å². The lowest BCUT2D eigenvalue weighted by atomic mass is 9.67. The molecule has 2 fully saturated rings. The number of rotatable bonds is 5. The highest BCUT2D eigenvalue weighted by Crippen LogP contribution is 2.49. The molecule has 1 N–H and O–H groups in total. The predicted molar refractivity (Wildman–Crippen MR) is 119 cm³/mol. The second-order valence-electron chi connectivity index (χ2n) is 9.24. The van der Waals surface area contributed by atoms with Crippen LogP contribution >= 0.6 is 0 Å². The fourth-order valence-electron chi connectivity index (χ4n) is 5.06. The Morgan fingerprint density at radius 2 is 2.00 bits per heavy atom. The van der Waals surface area contributed by atoms with Crippen LogP contribution in [0.1, 0.15) is 44.2 Å². The molecule has 1 aromatic carbocycles. The Kier molecular flexibility index (Phi) is 6.42. The molecule has 174 valence electrons. The smallest absolute Gasteiger partial charge is 0.409 e. The third-order valence-electron chi connectivity index (χ3n) is 7.04. The van der Waals surface area contributed by atoms with Gasteiger partial charge < -0.3 is 19.7 Å². The number of ether oxygens (including phenoxy) is 2. The molecule has 1 saturated heterocycles. The Morgan fingerprint density at radius 3 is 2.72 bits per heavy atom. The van der Waals surface area contributed by atoms with Crippen molar-refractivity contribution in [3.8, 4) is 5.75 Å². The normalized spacial score (nSPS) is 27.3. The number of ketones is 1. The van der Waals surface area contributed by atoms with Gasteiger partial charge in [0.15, 0.2) is 5.78 Å². The van der Waals surface area contributed by atoms with Gasteiger partial charge in [-0.3, -0.25) is 14.5 Å². The third-order valence-corrected chi connectivity index (χ3v) is 7.04. The molecule has 2 amide bonds. The van der Waals surface area contributed by atoms with E-state index in [2.05, 4.69) is 30.1 Å². The first-order valence-electron chi connectivity index (χ1n) is 11.6. The van der Waals surface area contributed by atoms with Crippen LogP contribution in [0.4, 0.5) is 4.79 Å². The van der Waals surface area contributed by atoms with E-state index in [4.69, 9.17) is 9.47 Å². The Bertz CT molecular complexity index is 896. The van der Waals surface area contributed by atoms with E-state index >= 15 is 0 Å². The molecule has 32 heavy (non-hydrogen) atoms. The minimum absolute atomic E-state index is 0.0356. The van der Waals surface area contributed by atoms with Crippen LogP contribution < -0.4 is 10.1 Å². The molecule has 4 rings (SSSR count). The number of Topliss-reactive ketones (excluding diaryl/α,β-unsaturated/α-hetero) is 1. The van der Waals surface area contributed by atoms with Gasteiger partial charge in [-0.25, -0.2) is 4.79 Å². The summed E-state index contributed by atoms with van der Waals surface area (Å²) in [5.74, 6) is 0.709. The first-order valence-corrected chi connectivity index (χ1v) is 11.6. The Hall–Kier alpha value is -2.61. The molecule has 1 aliphatic carbocycles. The van der Waals surface area contributed by atoms with Crippen molar-refractivity contribution in [2.75, 3.05) is 39.3 Å². The maximum atomic E-state index is 12.7. The monoisotopic (exact) mass is 443 g/mol. The van der Waals surface area contributed by atoms with Crippen molar-refractivity contribution in [1.82, 2.24) is 15.1 Å². The molecule has 3 aliphatic rings. The number of fused-ring (bicyclic) bond motifs is 3. The number of hydrogen-bond acceptors (Lipinski definition) is 6. The summed E-state index contributed by atoms with van der Waals surface area (Å²) in [7, 11) is 0. The van der Waals surface area contributed by atoms with Crippen molar-refractivity contribution in [2.24, 2.45) is 0 Å². The number of carbonyl (C=O) groups excluding carboxylic acids is 3. The minimum atomic E-state index is -0.630. The summed E-state index contributed by atoms with van der Waals surface area (Å²) >= 11 is 0. The standard InChI is InChI=1S/C24H33N3O5/c1-4-31-23(30)27-13-11-26(12-14-27)10-8-20(29)25-21-18(28)7-9-24(3)17-15-16(2)5-6-19(17)32-22(21)24/h5-6,15,21-22H,4,7-14H2,1-3H3,(H,25,29)/t21-,22-,24-/m0/s1. The molecule has 2 heterocycles. The summed E-state index contributed by atoms with van der Waals surface area (Å²) in [6.07, 6.45) is 0.807. The zero-order valence-electron chi connectivity index (χ0n) is 19.2. The fraction of sp³-hybridized carbons (Fsp3) is 0.625. The average molecular weight is 444 g/mol. The maximum absolute atomic E-state index is 12.7. The van der Waals surface area contributed by atoms with Crippen LogP contribution in [-0.4, -0.2) is 79.1 Å². The van der Waals surface area contributed by atoms with E-state index in [1.165, 1.54) is 0 Å². The van der Waals surface area contributed by atoms with E-state index in [9.17, 15) is 14.4 Å². The van der Waals surface area contributed by atoms with Crippen molar-refractivity contribution in [2.45, 2.75) is 57.6 Å². The number of benzene rings is 1. The molecule has 3 atom stereocenters. The van der Waals surface area contributed by atoms with E-state index in [0.717, 1.165) is 23.3 Å². The Balaban J connectivity index is 1.32. The molecule has 8 nitrogen and oxygen atoms in total. The summed E-state index contributed by atoms with van der Waals surface area (Å²) in [6.45, 7) is 9.52. The Labute approximate surface area is 189 Å². The summed E-state index contributed by atoms with van der Waals surface area (Å²) in [5.41, 5.74) is 2.01. The second kappa shape index (κ2) is 9.10. The van der Waals surface area contributed by atoms with Crippen LogP contribution in [0.2, 0.25) is 0 Å². The topological polar surface area (TPSA) is 88.2 Å². The lowest BCUT2D eigenvalue weighted by molar-refractivity contribution is -0.133. The summed E-state index contributed by atoms with van der Waals surface area (Å²) < 4.78 is 11.2. The van der Waals surface area contributed by atoms with Crippen molar-refractivity contribution < 1.29 is 23.9 Å². The highest BCUT2D eigenvalue weighted by atomic mass is 16.6. The molecular formula is C24H33N3O5. The lowest BCUT2D eigenvalue weighted by Gasteiger charge is -2.39. The van der Waals surface area contributed by atoms with Crippen molar-refractivity contribution >= 4 is 17.8 Å². The molecule has 0 bridgehead atoms. The van der Waals surface area contributed by atoms with Gasteiger partial charge in [0.1, 0.15) is 17.9 Å². The van der Waals surface area contributed by atoms with Gasteiger partial charge in [-0.15, -0.1) is 0 Å². The molecule has 0 spiro atoms. The zero-order valence-corrected chi connectivity index (χ0v) is 19.2. The molecule has 8 heteroatoms. The number of nitrogens with zero attached hydrogens (tertiary/aromatic N) is 2. The fourth-order valence-corrected chi connectivity index (χ4v) is 5.06. The van der Waals surface area contributed by atoms with Crippen molar-refractivity contribution in [3.05, 3.63) is 29.3 Å². The zero-order chi connectivity index (χ0) is 22.9. The number of amides is 2. The largest absolute Gasteiger partial charge is 0.487 e. The maximum Gasteiger partial charge on any atom is 0.409 e. The van der Waals surface area contributed by atoms with E-state index < -0.39 is 6.04 Å². The minimum Gasteiger partial charge on any atom is -0.487 e. The number of nitrogens with one attached hydrogen (secondary N) is 1. The first kappa shape index (κ1) is 22.6. The summed E-state index contributed by atoms with van der Waals surface area (Å²) in [6, 6.07) is 5.49. The van der Waals surface area contributed by atoms with E-state index in [1.54, 1.807) is 11.8 Å². The molecule has 0 aromatic heterocycles. The van der Waals surface area contributed by atoms with Crippen LogP contribution in [0.3, 0.4) is 0 Å². The average Bonchev–Trinajstić information content (AvgIpc) is 3.07. The van der Waals surface area contributed by atoms with Gasteiger partial charge >= 0.3 is 6.09 Å².